The van der Waals surface area contributed by atoms with Crippen LogP contribution in [0.15, 0.2) is 18.2 Å². The van der Waals surface area contributed by atoms with Crippen LogP contribution < -0.4 is 5.73 Å². The van der Waals surface area contributed by atoms with Crippen molar-refractivity contribution < 1.29 is 4.79 Å². The summed E-state index contributed by atoms with van der Waals surface area (Å²) < 4.78 is 0. The first-order chi connectivity index (χ1) is 9.13. The molecule has 3 heteroatoms. The van der Waals surface area contributed by atoms with Crippen LogP contribution >= 0.6 is 0 Å². The topological polar surface area (TPSA) is 46.3 Å². The molecule has 3 nitrogen and oxygen atoms in total. The standard InChI is InChI=1S/C16H24N2O/c1-12-7-8-13(2)15(10-12)16(19)18-9-5-3-4-6-14(18)11-17/h7-8,10,14H,3-6,9,11,17H2,1-2H3. The summed E-state index contributed by atoms with van der Waals surface area (Å²) in [4.78, 5) is 14.8. The van der Waals surface area contributed by atoms with E-state index in [1.54, 1.807) is 0 Å². The van der Waals surface area contributed by atoms with Crippen LogP contribution in [0.25, 0.3) is 0 Å². The van der Waals surface area contributed by atoms with Crippen molar-refractivity contribution in [3.63, 3.8) is 0 Å². The van der Waals surface area contributed by atoms with Gasteiger partial charge in [0, 0.05) is 24.7 Å². The monoisotopic (exact) mass is 260 g/mol. The van der Waals surface area contributed by atoms with Crippen LogP contribution in [0.5, 0.6) is 0 Å². The van der Waals surface area contributed by atoms with Gasteiger partial charge in [-0.3, -0.25) is 4.79 Å². The van der Waals surface area contributed by atoms with Crippen molar-refractivity contribution >= 4 is 5.91 Å². The summed E-state index contributed by atoms with van der Waals surface area (Å²) in [6, 6.07) is 6.28. The van der Waals surface area contributed by atoms with Gasteiger partial charge in [-0.2, -0.15) is 0 Å². The molecule has 1 heterocycles. The number of benzene rings is 1. The summed E-state index contributed by atoms with van der Waals surface area (Å²) >= 11 is 0. The molecule has 104 valence electrons. The molecular formula is C16H24N2O. The number of nitrogens with zero attached hydrogens (tertiary/aromatic N) is 1. The van der Waals surface area contributed by atoms with Crippen molar-refractivity contribution in [3.8, 4) is 0 Å². The van der Waals surface area contributed by atoms with Gasteiger partial charge in [0.15, 0.2) is 0 Å². The minimum Gasteiger partial charge on any atom is -0.334 e. The Hall–Kier alpha value is -1.35. The molecule has 2 rings (SSSR count). The van der Waals surface area contributed by atoms with Gasteiger partial charge in [-0.05, 0) is 38.3 Å². The average Bonchev–Trinajstić information content (AvgIpc) is 2.65. The summed E-state index contributed by atoms with van der Waals surface area (Å²) in [6.07, 6.45) is 4.51. The lowest BCUT2D eigenvalue weighted by atomic mass is 10.0. The maximum absolute atomic E-state index is 12.8. The van der Waals surface area contributed by atoms with E-state index in [9.17, 15) is 4.79 Å². The van der Waals surface area contributed by atoms with Gasteiger partial charge >= 0.3 is 0 Å². The molecule has 0 saturated carbocycles. The van der Waals surface area contributed by atoms with E-state index >= 15 is 0 Å². The number of hydrogen-bond acceptors (Lipinski definition) is 2. The number of carbonyl (C=O) groups is 1. The summed E-state index contributed by atoms with van der Waals surface area (Å²) in [7, 11) is 0. The van der Waals surface area contributed by atoms with Crippen LogP contribution in [-0.4, -0.2) is 29.9 Å². The molecule has 1 amide bonds. The number of rotatable bonds is 2. The van der Waals surface area contributed by atoms with Gasteiger partial charge in [-0.25, -0.2) is 0 Å². The van der Waals surface area contributed by atoms with Crippen molar-refractivity contribution in [2.45, 2.75) is 45.6 Å². The fraction of sp³-hybridized carbons (Fsp3) is 0.562. The number of aryl methyl sites for hydroxylation is 2. The number of hydrogen-bond donors (Lipinski definition) is 1. The van der Waals surface area contributed by atoms with Gasteiger partial charge in [-0.1, -0.05) is 30.5 Å². The largest absolute Gasteiger partial charge is 0.334 e. The van der Waals surface area contributed by atoms with Crippen molar-refractivity contribution in [2.75, 3.05) is 13.1 Å². The molecule has 0 bridgehead atoms. The fourth-order valence-corrected chi connectivity index (χ4v) is 2.81. The van der Waals surface area contributed by atoms with Crippen LogP contribution in [0.1, 0.15) is 47.2 Å². The fourth-order valence-electron chi connectivity index (χ4n) is 2.81. The molecule has 1 saturated heterocycles. The molecule has 0 aliphatic carbocycles. The Bertz CT molecular complexity index is 456. The van der Waals surface area contributed by atoms with Gasteiger partial charge in [0.1, 0.15) is 0 Å². The van der Waals surface area contributed by atoms with E-state index in [4.69, 9.17) is 5.73 Å². The molecule has 1 fully saturated rings. The van der Waals surface area contributed by atoms with Crippen LogP contribution in [0.2, 0.25) is 0 Å². The normalized spacial score (nSPS) is 20.2. The third-order valence-corrected chi connectivity index (χ3v) is 4.03. The Labute approximate surface area is 115 Å². The van der Waals surface area contributed by atoms with Crippen molar-refractivity contribution in [1.29, 1.82) is 0 Å². The Morgan fingerprint density at radius 1 is 1.32 bits per heavy atom. The molecule has 19 heavy (non-hydrogen) atoms. The molecule has 0 radical (unpaired) electrons. The zero-order valence-corrected chi connectivity index (χ0v) is 12.0. The summed E-state index contributed by atoms with van der Waals surface area (Å²) in [5.41, 5.74) is 8.87. The molecule has 0 aromatic heterocycles. The van der Waals surface area contributed by atoms with Crippen molar-refractivity contribution in [3.05, 3.63) is 34.9 Å². The third kappa shape index (κ3) is 3.16. The molecule has 1 aliphatic heterocycles. The molecular weight excluding hydrogens is 236 g/mol. The third-order valence-electron chi connectivity index (χ3n) is 4.03. The summed E-state index contributed by atoms with van der Waals surface area (Å²) in [5.74, 6) is 0.151. The highest BCUT2D eigenvalue weighted by Gasteiger charge is 2.26. The van der Waals surface area contributed by atoms with E-state index in [1.165, 1.54) is 12.8 Å². The number of nitrogens with two attached hydrogens (primary N) is 1. The highest BCUT2D eigenvalue weighted by molar-refractivity contribution is 5.96. The number of likely N-dealkylation sites (tertiary alicyclic amines) is 1. The van der Waals surface area contributed by atoms with E-state index in [0.717, 1.165) is 36.1 Å². The van der Waals surface area contributed by atoms with Gasteiger partial charge in [0.05, 0.1) is 0 Å². The van der Waals surface area contributed by atoms with E-state index in [2.05, 4.69) is 6.07 Å². The highest BCUT2D eigenvalue weighted by Crippen LogP contribution is 2.21. The Morgan fingerprint density at radius 2 is 2.11 bits per heavy atom. The predicted molar refractivity (Wildman–Crippen MR) is 78.3 cm³/mol. The Morgan fingerprint density at radius 3 is 2.84 bits per heavy atom. The zero-order valence-electron chi connectivity index (χ0n) is 12.0. The smallest absolute Gasteiger partial charge is 0.254 e. The molecule has 1 aliphatic rings. The molecule has 1 unspecified atom stereocenters. The van der Waals surface area contributed by atoms with Gasteiger partial charge in [-0.15, -0.1) is 0 Å². The van der Waals surface area contributed by atoms with Gasteiger partial charge in [0.25, 0.3) is 5.91 Å². The zero-order chi connectivity index (χ0) is 13.8. The first kappa shape index (κ1) is 14.1. The first-order valence-electron chi connectivity index (χ1n) is 7.21. The number of carbonyl (C=O) groups excluding carboxylic acids is 1. The molecule has 1 atom stereocenters. The predicted octanol–water partition coefficient (Wildman–Crippen LogP) is 2.65. The second-order valence-electron chi connectivity index (χ2n) is 5.56. The lowest BCUT2D eigenvalue weighted by Crippen LogP contribution is -2.44. The van der Waals surface area contributed by atoms with Crippen LogP contribution in [0.4, 0.5) is 0 Å². The van der Waals surface area contributed by atoms with Gasteiger partial charge < -0.3 is 10.6 Å². The SMILES string of the molecule is Cc1ccc(C)c(C(=O)N2CCCCCC2CN)c1. The second-order valence-corrected chi connectivity index (χ2v) is 5.56. The molecule has 1 aromatic carbocycles. The van der Waals surface area contributed by atoms with E-state index in [-0.39, 0.29) is 11.9 Å². The van der Waals surface area contributed by atoms with E-state index in [0.29, 0.717) is 6.54 Å². The van der Waals surface area contributed by atoms with Gasteiger partial charge in [0.2, 0.25) is 0 Å². The minimum absolute atomic E-state index is 0.151. The van der Waals surface area contributed by atoms with Crippen LogP contribution in [-0.2, 0) is 0 Å². The lowest BCUT2D eigenvalue weighted by Gasteiger charge is -2.29. The molecule has 2 N–H and O–H groups in total. The molecule has 1 aromatic rings. The van der Waals surface area contributed by atoms with Crippen LogP contribution in [0, 0.1) is 13.8 Å². The van der Waals surface area contributed by atoms with Crippen LogP contribution in [0.3, 0.4) is 0 Å². The quantitative estimate of drug-likeness (QED) is 0.888. The van der Waals surface area contributed by atoms with E-state index < -0.39 is 0 Å². The highest BCUT2D eigenvalue weighted by atomic mass is 16.2. The minimum atomic E-state index is 0.151. The maximum atomic E-state index is 12.8. The maximum Gasteiger partial charge on any atom is 0.254 e. The summed E-state index contributed by atoms with van der Waals surface area (Å²) in [6.45, 7) is 5.44. The van der Waals surface area contributed by atoms with E-state index in [1.807, 2.05) is 30.9 Å². The Balaban J connectivity index is 2.27. The average molecular weight is 260 g/mol. The Kier molecular flexibility index (Phi) is 4.59. The first-order valence-corrected chi connectivity index (χ1v) is 7.21. The molecule has 0 spiro atoms. The number of amides is 1. The van der Waals surface area contributed by atoms with Crippen molar-refractivity contribution in [2.24, 2.45) is 5.73 Å². The lowest BCUT2D eigenvalue weighted by molar-refractivity contribution is 0.0688. The second kappa shape index (κ2) is 6.20. The summed E-state index contributed by atoms with van der Waals surface area (Å²) in [5, 5.41) is 0. The van der Waals surface area contributed by atoms with Crippen molar-refractivity contribution in [1.82, 2.24) is 4.90 Å².